The molecule has 56 valence electrons. The van der Waals surface area contributed by atoms with Crippen LogP contribution in [-0.2, 0) is 9.53 Å². The summed E-state index contributed by atoms with van der Waals surface area (Å²) >= 11 is 0. The molecule has 0 saturated heterocycles. The van der Waals surface area contributed by atoms with E-state index in [2.05, 4.69) is 0 Å². The van der Waals surface area contributed by atoms with Gasteiger partial charge in [-0.05, 0) is 6.92 Å². The Hall–Kier alpha value is -0.830. The average molecular weight is 141 g/mol. The molecule has 1 aliphatic rings. The first kappa shape index (κ1) is 7.28. The second-order valence-electron chi connectivity index (χ2n) is 2.40. The molecule has 0 aliphatic carbocycles. The Morgan fingerprint density at radius 1 is 1.80 bits per heavy atom. The topological polar surface area (TPSA) is 52.3 Å². The Bertz CT molecular complexity index is 165. The number of ether oxygens (including phenoxy) is 1. The molecule has 1 amide bonds. The lowest BCUT2D eigenvalue weighted by molar-refractivity contribution is -0.131. The predicted molar refractivity (Wildman–Crippen MR) is 37.3 cm³/mol. The molecule has 1 rings (SSSR count). The van der Waals surface area contributed by atoms with Gasteiger partial charge in [-0.25, -0.2) is 0 Å². The van der Waals surface area contributed by atoms with Gasteiger partial charge >= 0.3 is 0 Å². The molecule has 10 heavy (non-hydrogen) atoms. The van der Waals surface area contributed by atoms with E-state index in [1.54, 1.807) is 0 Å². The summed E-state index contributed by atoms with van der Waals surface area (Å²) < 4.78 is 5.19. The zero-order valence-corrected chi connectivity index (χ0v) is 5.91. The molecule has 0 spiro atoms. The number of hydrogen-bond acceptors (Lipinski definition) is 2. The highest BCUT2D eigenvalue weighted by Crippen LogP contribution is 2.10. The Labute approximate surface area is 59.8 Å². The number of hydrogen-bond donors (Lipinski definition) is 1. The quantitative estimate of drug-likeness (QED) is 0.530. The monoisotopic (exact) mass is 141 g/mol. The fourth-order valence-electron chi connectivity index (χ4n) is 0.937. The Morgan fingerprint density at radius 2 is 2.50 bits per heavy atom. The van der Waals surface area contributed by atoms with Crippen LogP contribution in [0.3, 0.4) is 0 Å². The number of rotatable bonds is 1. The Kier molecular flexibility index (Phi) is 2.06. The molecule has 0 aromatic rings. The highest BCUT2D eigenvalue weighted by Gasteiger charge is 2.19. The summed E-state index contributed by atoms with van der Waals surface area (Å²) in [6, 6.07) is 0. The minimum absolute atomic E-state index is 0.0197. The van der Waals surface area contributed by atoms with Crippen molar-refractivity contribution in [2.45, 2.75) is 25.6 Å². The maximum Gasteiger partial charge on any atom is 0.246 e. The largest absolute Gasteiger partial charge is 0.367 e. The van der Waals surface area contributed by atoms with Crippen molar-refractivity contribution in [3.8, 4) is 0 Å². The van der Waals surface area contributed by atoms with Crippen LogP contribution >= 0.6 is 0 Å². The van der Waals surface area contributed by atoms with Crippen LogP contribution in [0.4, 0.5) is 0 Å². The zero-order valence-electron chi connectivity index (χ0n) is 5.91. The maximum absolute atomic E-state index is 10.6. The summed E-state index contributed by atoms with van der Waals surface area (Å²) in [4.78, 5) is 10.6. The molecule has 0 fully saturated rings. The molecule has 0 aromatic carbocycles. The van der Waals surface area contributed by atoms with Gasteiger partial charge in [0.15, 0.2) is 0 Å². The highest BCUT2D eigenvalue weighted by molar-refractivity contribution is 5.79. The normalized spacial score (nSPS) is 32.1. The molecule has 2 atom stereocenters. The van der Waals surface area contributed by atoms with Gasteiger partial charge in [-0.1, -0.05) is 12.2 Å². The van der Waals surface area contributed by atoms with Crippen molar-refractivity contribution in [2.24, 2.45) is 5.73 Å². The molecule has 2 N–H and O–H groups in total. The first-order valence-electron chi connectivity index (χ1n) is 3.31. The van der Waals surface area contributed by atoms with Gasteiger partial charge in [0.2, 0.25) is 5.91 Å². The summed E-state index contributed by atoms with van der Waals surface area (Å²) in [5.74, 6) is -0.379. The van der Waals surface area contributed by atoms with Gasteiger partial charge in [0.1, 0.15) is 6.10 Å². The Balaban J connectivity index is 2.52. The van der Waals surface area contributed by atoms with Crippen LogP contribution in [0, 0.1) is 0 Å². The smallest absolute Gasteiger partial charge is 0.246 e. The van der Waals surface area contributed by atoms with E-state index >= 15 is 0 Å². The van der Waals surface area contributed by atoms with Crippen LogP contribution in [0.25, 0.3) is 0 Å². The molecule has 1 heterocycles. The molecule has 0 radical (unpaired) electrons. The van der Waals surface area contributed by atoms with Crippen LogP contribution in [0.5, 0.6) is 0 Å². The van der Waals surface area contributed by atoms with Gasteiger partial charge < -0.3 is 10.5 Å². The van der Waals surface area contributed by atoms with Gasteiger partial charge in [-0.3, -0.25) is 4.79 Å². The first-order valence-corrected chi connectivity index (χ1v) is 3.31. The molecule has 0 aromatic heterocycles. The third kappa shape index (κ3) is 1.57. The zero-order chi connectivity index (χ0) is 7.56. The predicted octanol–water partition coefficient (Wildman–Crippen LogP) is 0.205. The third-order valence-electron chi connectivity index (χ3n) is 1.45. The summed E-state index contributed by atoms with van der Waals surface area (Å²) in [7, 11) is 0. The summed E-state index contributed by atoms with van der Waals surface area (Å²) in [5, 5.41) is 0. The molecule has 0 bridgehead atoms. The Morgan fingerprint density at radius 3 is 2.90 bits per heavy atom. The maximum atomic E-state index is 10.6. The lowest BCUT2D eigenvalue weighted by Gasteiger charge is -2.20. The van der Waals surface area contributed by atoms with Crippen molar-refractivity contribution in [3.05, 3.63) is 12.2 Å². The van der Waals surface area contributed by atoms with E-state index in [4.69, 9.17) is 10.5 Å². The molecule has 3 nitrogen and oxygen atoms in total. The fraction of sp³-hybridized carbons (Fsp3) is 0.571. The number of amides is 1. The van der Waals surface area contributed by atoms with Crippen LogP contribution < -0.4 is 5.73 Å². The highest BCUT2D eigenvalue weighted by atomic mass is 16.5. The first-order chi connectivity index (χ1) is 4.70. The lowest BCUT2D eigenvalue weighted by atomic mass is 10.1. The summed E-state index contributed by atoms with van der Waals surface area (Å²) in [6.45, 7) is 1.88. The van der Waals surface area contributed by atoms with E-state index in [-0.39, 0.29) is 12.0 Å². The molecular formula is C7H11NO2. The van der Waals surface area contributed by atoms with E-state index in [1.807, 2.05) is 19.1 Å². The lowest BCUT2D eigenvalue weighted by Crippen LogP contribution is -2.34. The standard InChI is InChI=1S/C7H11NO2/c1-5-3-2-4-6(10-5)7(8)9/h2-3,5-6H,4H2,1H3,(H2,8,9)/t5-,6+/m0/s1. The van der Waals surface area contributed by atoms with Gasteiger partial charge in [0, 0.05) is 6.42 Å². The summed E-state index contributed by atoms with van der Waals surface area (Å²) in [5.41, 5.74) is 5.03. The number of nitrogens with two attached hydrogens (primary N) is 1. The van der Waals surface area contributed by atoms with E-state index in [0.717, 1.165) is 0 Å². The van der Waals surface area contributed by atoms with Crippen LogP contribution in [-0.4, -0.2) is 18.1 Å². The number of carbonyl (C=O) groups is 1. The second-order valence-corrected chi connectivity index (χ2v) is 2.40. The van der Waals surface area contributed by atoms with Gasteiger partial charge in [-0.15, -0.1) is 0 Å². The number of primary amides is 1. The van der Waals surface area contributed by atoms with Crippen molar-refractivity contribution >= 4 is 5.91 Å². The van der Waals surface area contributed by atoms with Crippen molar-refractivity contribution in [1.82, 2.24) is 0 Å². The van der Waals surface area contributed by atoms with Crippen molar-refractivity contribution in [1.29, 1.82) is 0 Å². The number of carbonyl (C=O) groups excluding carboxylic acids is 1. The summed E-state index contributed by atoms with van der Waals surface area (Å²) in [6.07, 6.45) is 4.05. The van der Waals surface area contributed by atoms with Crippen molar-refractivity contribution in [2.75, 3.05) is 0 Å². The third-order valence-corrected chi connectivity index (χ3v) is 1.45. The fourth-order valence-corrected chi connectivity index (χ4v) is 0.937. The molecular weight excluding hydrogens is 130 g/mol. The van der Waals surface area contributed by atoms with E-state index in [0.29, 0.717) is 6.42 Å². The minimum Gasteiger partial charge on any atom is -0.367 e. The minimum atomic E-state index is -0.417. The SMILES string of the molecule is C[C@H]1C=CC[C@H](C(N)=O)O1. The van der Waals surface area contributed by atoms with E-state index in [9.17, 15) is 4.79 Å². The van der Waals surface area contributed by atoms with Crippen LogP contribution in [0.15, 0.2) is 12.2 Å². The van der Waals surface area contributed by atoms with Gasteiger partial charge in [-0.2, -0.15) is 0 Å². The van der Waals surface area contributed by atoms with Crippen LogP contribution in [0.2, 0.25) is 0 Å². The average Bonchev–Trinajstić information content (AvgIpc) is 1.88. The van der Waals surface area contributed by atoms with Crippen molar-refractivity contribution < 1.29 is 9.53 Å². The van der Waals surface area contributed by atoms with E-state index in [1.165, 1.54) is 0 Å². The second kappa shape index (κ2) is 2.84. The molecule has 3 heteroatoms. The molecule has 0 saturated carbocycles. The molecule has 0 unspecified atom stereocenters. The van der Waals surface area contributed by atoms with Gasteiger partial charge in [0.05, 0.1) is 6.10 Å². The van der Waals surface area contributed by atoms with Gasteiger partial charge in [0.25, 0.3) is 0 Å². The van der Waals surface area contributed by atoms with Crippen LogP contribution in [0.1, 0.15) is 13.3 Å². The van der Waals surface area contributed by atoms with Crippen molar-refractivity contribution in [3.63, 3.8) is 0 Å². The van der Waals surface area contributed by atoms with E-state index < -0.39 is 6.10 Å². The molecule has 1 aliphatic heterocycles.